The van der Waals surface area contributed by atoms with Crippen molar-refractivity contribution in [2.75, 3.05) is 4.72 Å². The van der Waals surface area contributed by atoms with E-state index in [1.807, 2.05) is 0 Å². The van der Waals surface area contributed by atoms with E-state index in [1.165, 1.54) is 11.3 Å². The molecule has 2 aromatic rings. The van der Waals surface area contributed by atoms with Crippen molar-refractivity contribution in [2.45, 2.75) is 18.4 Å². The van der Waals surface area contributed by atoms with Crippen molar-refractivity contribution in [1.29, 1.82) is 0 Å². The van der Waals surface area contributed by atoms with Crippen LogP contribution in [0.4, 0.5) is 5.69 Å². The largest absolute Gasteiger partial charge is 0.391 e. The SMILES string of the molecule is Cc1csc(CO)c1S(=O)(=O)Nc1ccccc1Cl. The molecule has 19 heavy (non-hydrogen) atoms. The minimum atomic E-state index is -3.75. The van der Waals surface area contributed by atoms with Crippen LogP contribution in [0.3, 0.4) is 0 Å². The average Bonchev–Trinajstić information content (AvgIpc) is 2.74. The molecular formula is C12H12ClNO3S2. The van der Waals surface area contributed by atoms with Crippen molar-refractivity contribution in [3.8, 4) is 0 Å². The fourth-order valence-electron chi connectivity index (χ4n) is 1.70. The Morgan fingerprint density at radius 2 is 2.05 bits per heavy atom. The first-order valence-corrected chi connectivity index (χ1v) is 8.15. The zero-order valence-electron chi connectivity index (χ0n) is 10.1. The van der Waals surface area contributed by atoms with Gasteiger partial charge >= 0.3 is 0 Å². The third kappa shape index (κ3) is 2.92. The van der Waals surface area contributed by atoms with Crippen molar-refractivity contribution in [3.05, 3.63) is 45.1 Å². The number of hydrogen-bond acceptors (Lipinski definition) is 4. The second-order valence-electron chi connectivity index (χ2n) is 3.91. The number of nitrogens with one attached hydrogen (secondary N) is 1. The normalized spacial score (nSPS) is 11.5. The summed E-state index contributed by atoms with van der Waals surface area (Å²) in [5, 5.41) is 11.2. The number of para-hydroxylation sites is 1. The molecule has 1 aromatic carbocycles. The van der Waals surface area contributed by atoms with Gasteiger partial charge in [0, 0.05) is 0 Å². The molecule has 1 aromatic heterocycles. The number of aryl methyl sites for hydroxylation is 1. The quantitative estimate of drug-likeness (QED) is 0.911. The second kappa shape index (κ2) is 5.50. The topological polar surface area (TPSA) is 66.4 Å². The predicted octanol–water partition coefficient (Wildman–Crippen LogP) is 3.00. The first kappa shape index (κ1) is 14.3. The van der Waals surface area contributed by atoms with Gasteiger partial charge in [-0.15, -0.1) is 11.3 Å². The van der Waals surface area contributed by atoms with Gasteiger partial charge in [0.25, 0.3) is 10.0 Å². The van der Waals surface area contributed by atoms with Gasteiger partial charge in [0.2, 0.25) is 0 Å². The van der Waals surface area contributed by atoms with E-state index in [4.69, 9.17) is 11.6 Å². The number of sulfonamides is 1. The first-order valence-electron chi connectivity index (χ1n) is 5.41. The summed E-state index contributed by atoms with van der Waals surface area (Å²) >= 11 is 7.15. The Morgan fingerprint density at radius 1 is 1.37 bits per heavy atom. The fraction of sp³-hybridized carbons (Fsp3) is 0.167. The summed E-state index contributed by atoms with van der Waals surface area (Å²) in [4.78, 5) is 0.539. The molecule has 2 N–H and O–H groups in total. The summed E-state index contributed by atoms with van der Waals surface area (Å²) in [6.45, 7) is 1.38. The lowest BCUT2D eigenvalue weighted by Gasteiger charge is -2.10. The van der Waals surface area contributed by atoms with Gasteiger partial charge in [-0.1, -0.05) is 23.7 Å². The van der Waals surface area contributed by atoms with Crippen LogP contribution >= 0.6 is 22.9 Å². The van der Waals surface area contributed by atoms with Crippen LogP contribution in [0, 0.1) is 6.92 Å². The summed E-state index contributed by atoms with van der Waals surface area (Å²) < 4.78 is 27.1. The Morgan fingerprint density at radius 3 is 2.68 bits per heavy atom. The lowest BCUT2D eigenvalue weighted by molar-refractivity contribution is 0.282. The molecule has 0 atom stereocenters. The Hall–Kier alpha value is -1.08. The molecule has 0 fully saturated rings. The van der Waals surface area contributed by atoms with Crippen molar-refractivity contribution >= 4 is 38.6 Å². The van der Waals surface area contributed by atoms with Crippen LogP contribution in [0.2, 0.25) is 5.02 Å². The maximum Gasteiger partial charge on any atom is 0.263 e. The highest BCUT2D eigenvalue weighted by atomic mass is 35.5. The van der Waals surface area contributed by atoms with Crippen LogP contribution in [-0.2, 0) is 16.6 Å². The molecule has 2 rings (SSSR count). The predicted molar refractivity (Wildman–Crippen MR) is 77.2 cm³/mol. The molecule has 1 heterocycles. The molecule has 4 nitrogen and oxygen atoms in total. The standard InChI is InChI=1S/C12H12ClNO3S2/c1-8-7-18-11(6-15)12(8)19(16,17)14-10-5-3-2-4-9(10)13/h2-5,7,14-15H,6H2,1H3. The van der Waals surface area contributed by atoms with Gasteiger partial charge in [-0.05, 0) is 30.0 Å². The van der Waals surface area contributed by atoms with Crippen LogP contribution in [-0.4, -0.2) is 13.5 Å². The smallest absolute Gasteiger partial charge is 0.263 e. The third-order valence-corrected chi connectivity index (χ3v) is 5.66. The van der Waals surface area contributed by atoms with Crippen LogP contribution in [0.15, 0.2) is 34.5 Å². The monoisotopic (exact) mass is 317 g/mol. The number of rotatable bonds is 4. The molecule has 7 heteroatoms. The van der Waals surface area contributed by atoms with Gasteiger partial charge < -0.3 is 5.11 Å². The number of halogens is 1. The van der Waals surface area contributed by atoms with Gasteiger partial charge in [-0.3, -0.25) is 4.72 Å². The number of aliphatic hydroxyl groups excluding tert-OH is 1. The third-order valence-electron chi connectivity index (χ3n) is 2.52. The number of aliphatic hydroxyl groups is 1. The summed E-state index contributed by atoms with van der Waals surface area (Å²) in [5.41, 5.74) is 0.923. The van der Waals surface area contributed by atoms with Crippen LogP contribution in [0.5, 0.6) is 0 Å². The van der Waals surface area contributed by atoms with Gasteiger partial charge in [0.15, 0.2) is 0 Å². The summed E-state index contributed by atoms with van der Waals surface area (Å²) in [5.74, 6) is 0. The maximum atomic E-state index is 12.3. The summed E-state index contributed by atoms with van der Waals surface area (Å²) in [7, 11) is -3.75. The minimum Gasteiger partial charge on any atom is -0.391 e. The highest BCUT2D eigenvalue weighted by molar-refractivity contribution is 7.93. The zero-order valence-corrected chi connectivity index (χ0v) is 12.4. The fourth-order valence-corrected chi connectivity index (χ4v) is 4.68. The maximum absolute atomic E-state index is 12.3. The van der Waals surface area contributed by atoms with E-state index in [0.29, 0.717) is 21.2 Å². The lowest BCUT2D eigenvalue weighted by Crippen LogP contribution is -2.15. The van der Waals surface area contributed by atoms with Crippen molar-refractivity contribution in [1.82, 2.24) is 0 Å². The number of benzene rings is 1. The van der Waals surface area contributed by atoms with Gasteiger partial charge in [-0.2, -0.15) is 0 Å². The molecule has 0 amide bonds. The number of hydrogen-bond donors (Lipinski definition) is 2. The number of thiophene rings is 1. The highest BCUT2D eigenvalue weighted by Gasteiger charge is 2.23. The van der Waals surface area contributed by atoms with Gasteiger partial charge in [-0.25, -0.2) is 8.42 Å². The van der Waals surface area contributed by atoms with Crippen molar-refractivity contribution in [3.63, 3.8) is 0 Å². The molecule has 0 unspecified atom stereocenters. The Balaban J connectivity index is 2.44. The lowest BCUT2D eigenvalue weighted by atomic mass is 10.3. The van der Waals surface area contributed by atoms with E-state index < -0.39 is 10.0 Å². The van der Waals surface area contributed by atoms with E-state index in [-0.39, 0.29) is 11.5 Å². The van der Waals surface area contributed by atoms with Crippen LogP contribution < -0.4 is 4.72 Å². The van der Waals surface area contributed by atoms with Gasteiger partial charge in [0.05, 0.1) is 22.2 Å². The summed E-state index contributed by atoms with van der Waals surface area (Å²) in [6.07, 6.45) is 0. The minimum absolute atomic E-state index is 0.125. The second-order valence-corrected chi connectivity index (χ2v) is 6.91. The zero-order chi connectivity index (χ0) is 14.0. The van der Waals surface area contributed by atoms with E-state index >= 15 is 0 Å². The molecule has 0 saturated carbocycles. The summed E-state index contributed by atoms with van der Waals surface area (Å²) in [6, 6.07) is 6.60. The molecule has 0 aliphatic rings. The van der Waals surface area contributed by atoms with E-state index in [1.54, 1.807) is 36.6 Å². The molecule has 0 aliphatic heterocycles. The Kier molecular flexibility index (Phi) is 4.15. The first-order chi connectivity index (χ1) is 8.95. The average molecular weight is 318 g/mol. The van der Waals surface area contributed by atoms with E-state index in [0.717, 1.165) is 0 Å². The molecule has 0 radical (unpaired) electrons. The molecule has 102 valence electrons. The van der Waals surface area contributed by atoms with Crippen LogP contribution in [0.25, 0.3) is 0 Å². The highest BCUT2D eigenvalue weighted by Crippen LogP contribution is 2.30. The molecule has 0 saturated heterocycles. The molecule has 0 spiro atoms. The molecular weight excluding hydrogens is 306 g/mol. The number of anilines is 1. The van der Waals surface area contributed by atoms with Crippen molar-refractivity contribution in [2.24, 2.45) is 0 Å². The van der Waals surface area contributed by atoms with Gasteiger partial charge in [0.1, 0.15) is 4.90 Å². The Labute approximate surface area is 120 Å². The van der Waals surface area contributed by atoms with Crippen LogP contribution in [0.1, 0.15) is 10.4 Å². The molecule has 0 aliphatic carbocycles. The van der Waals surface area contributed by atoms with E-state index in [9.17, 15) is 13.5 Å². The Bertz CT molecular complexity index is 695. The molecule has 0 bridgehead atoms. The van der Waals surface area contributed by atoms with Crippen molar-refractivity contribution < 1.29 is 13.5 Å². The van der Waals surface area contributed by atoms with E-state index in [2.05, 4.69) is 4.72 Å².